The van der Waals surface area contributed by atoms with Crippen LogP contribution in [0.4, 0.5) is 30.7 Å². The molecule has 0 spiro atoms. The van der Waals surface area contributed by atoms with Crippen molar-refractivity contribution in [3.05, 3.63) is 0 Å². The lowest BCUT2D eigenvalue weighted by Crippen LogP contribution is -2.51. The predicted molar refractivity (Wildman–Crippen MR) is 38.0 cm³/mol. The molecule has 0 amide bonds. The van der Waals surface area contributed by atoms with E-state index in [9.17, 15) is 39.2 Å². The Balaban J connectivity index is 5.18. The van der Waals surface area contributed by atoms with Gasteiger partial charge in [-0.2, -0.15) is 39.2 Å². The van der Waals surface area contributed by atoms with E-state index in [4.69, 9.17) is 4.55 Å². The summed E-state index contributed by atoms with van der Waals surface area (Å²) in [5.41, 5.74) is 0. The molecule has 1 unspecified atom stereocenters. The number of alkyl halides is 7. The molecule has 0 radical (unpaired) electrons. The summed E-state index contributed by atoms with van der Waals surface area (Å²) in [7, 11) is -6.63. The van der Waals surface area contributed by atoms with Gasteiger partial charge in [-0.25, -0.2) is 0 Å². The number of halogens is 7. The summed E-state index contributed by atoms with van der Waals surface area (Å²) in [6.45, 7) is -0.0337. The van der Waals surface area contributed by atoms with Gasteiger partial charge in [0.15, 0.2) is 6.10 Å². The lowest BCUT2D eigenvalue weighted by atomic mass is 10.4. The minimum absolute atomic E-state index is 0.0337. The van der Waals surface area contributed by atoms with Crippen LogP contribution in [0.5, 0.6) is 0 Å². The molecule has 0 bridgehead atoms. The summed E-state index contributed by atoms with van der Waals surface area (Å²) in [5, 5.41) is -6.19. The molecule has 0 aliphatic rings. The maximum absolute atomic E-state index is 12.5. The van der Waals surface area contributed by atoms with Crippen molar-refractivity contribution in [1.82, 2.24) is 0 Å². The molecular formula is C5H5F7O4S. The third-order valence-electron chi connectivity index (χ3n) is 1.45. The summed E-state index contributed by atoms with van der Waals surface area (Å²) in [6, 6.07) is 0. The molecule has 17 heavy (non-hydrogen) atoms. The van der Waals surface area contributed by atoms with Crippen molar-refractivity contribution in [2.45, 2.75) is 30.6 Å². The van der Waals surface area contributed by atoms with Crippen molar-refractivity contribution in [2.24, 2.45) is 0 Å². The second kappa shape index (κ2) is 4.24. The highest BCUT2D eigenvalue weighted by Crippen LogP contribution is 2.41. The fourth-order valence-corrected chi connectivity index (χ4v) is 0.856. The normalized spacial score (nSPS) is 17.0. The van der Waals surface area contributed by atoms with Crippen molar-refractivity contribution in [3.8, 4) is 0 Å². The van der Waals surface area contributed by atoms with E-state index >= 15 is 0 Å². The molecule has 104 valence electrons. The molecule has 1 atom stereocenters. The standard InChI is InChI=1S/C5H5F7O4S/c1-2(3(6,7)8)16-4(9,10)5(11,12)17(13,14)15/h2H,1H3,(H,13,14,15). The number of rotatable bonds is 4. The fraction of sp³-hybridized carbons (Fsp3) is 1.00. The summed E-state index contributed by atoms with van der Waals surface area (Å²) >= 11 is 0. The Labute approximate surface area is 90.1 Å². The largest absolute Gasteiger partial charge is 0.459 e. The van der Waals surface area contributed by atoms with Gasteiger partial charge in [-0.3, -0.25) is 4.55 Å². The first kappa shape index (κ1) is 16.4. The van der Waals surface area contributed by atoms with Gasteiger partial charge in [0.1, 0.15) is 0 Å². The van der Waals surface area contributed by atoms with Gasteiger partial charge in [-0.1, -0.05) is 0 Å². The highest BCUT2D eigenvalue weighted by atomic mass is 32.2. The van der Waals surface area contributed by atoms with Crippen molar-refractivity contribution >= 4 is 10.1 Å². The Kier molecular flexibility index (Phi) is 4.09. The summed E-state index contributed by atoms with van der Waals surface area (Å²) in [6.07, 6.45) is -14.8. The Hall–Kier alpha value is -0.620. The molecule has 0 saturated carbocycles. The summed E-state index contributed by atoms with van der Waals surface area (Å²) < 4.78 is 115. The third kappa shape index (κ3) is 3.42. The number of hydrogen-bond donors (Lipinski definition) is 1. The van der Waals surface area contributed by atoms with E-state index in [2.05, 4.69) is 4.74 Å². The third-order valence-corrected chi connectivity index (χ3v) is 2.33. The average molecular weight is 294 g/mol. The topological polar surface area (TPSA) is 63.6 Å². The van der Waals surface area contributed by atoms with E-state index in [1.54, 1.807) is 0 Å². The highest BCUT2D eigenvalue weighted by molar-refractivity contribution is 7.86. The fourth-order valence-electron chi connectivity index (χ4n) is 0.508. The van der Waals surface area contributed by atoms with E-state index in [0.29, 0.717) is 0 Å². The van der Waals surface area contributed by atoms with Crippen molar-refractivity contribution in [1.29, 1.82) is 0 Å². The zero-order valence-corrected chi connectivity index (χ0v) is 8.62. The van der Waals surface area contributed by atoms with Crippen LogP contribution in [0.2, 0.25) is 0 Å². The molecule has 0 aromatic carbocycles. The van der Waals surface area contributed by atoms with Gasteiger partial charge in [-0.15, -0.1) is 0 Å². The first-order chi connectivity index (χ1) is 7.13. The van der Waals surface area contributed by atoms with Crippen molar-refractivity contribution < 1.29 is 48.4 Å². The SMILES string of the molecule is CC(OC(F)(F)C(F)(F)S(=O)(=O)O)C(F)(F)F. The zero-order chi connectivity index (χ0) is 14.3. The van der Waals surface area contributed by atoms with Crippen molar-refractivity contribution in [2.75, 3.05) is 0 Å². The Morgan fingerprint density at radius 3 is 1.65 bits per heavy atom. The summed E-state index contributed by atoms with van der Waals surface area (Å²) in [5.74, 6) is 0. The van der Waals surface area contributed by atoms with E-state index in [1.165, 1.54) is 0 Å². The molecule has 0 saturated heterocycles. The molecular weight excluding hydrogens is 289 g/mol. The van der Waals surface area contributed by atoms with Gasteiger partial charge < -0.3 is 4.74 Å². The molecule has 12 heteroatoms. The van der Waals surface area contributed by atoms with Gasteiger partial charge in [0, 0.05) is 0 Å². The molecule has 0 aromatic heterocycles. The maximum atomic E-state index is 12.5. The second-order valence-corrected chi connectivity index (χ2v) is 4.27. The second-order valence-electron chi connectivity index (χ2n) is 2.81. The van der Waals surface area contributed by atoms with Gasteiger partial charge in [-0.05, 0) is 6.92 Å². The minimum Gasteiger partial charge on any atom is -0.302 e. The van der Waals surface area contributed by atoms with Crippen LogP contribution >= 0.6 is 0 Å². The molecule has 0 fully saturated rings. The van der Waals surface area contributed by atoms with Crippen LogP contribution in [0.15, 0.2) is 0 Å². The van der Waals surface area contributed by atoms with Crippen LogP contribution in [-0.2, 0) is 14.9 Å². The molecule has 0 aliphatic heterocycles. The number of ether oxygens (including phenoxy) is 1. The van der Waals surface area contributed by atoms with Crippen LogP contribution in [0.25, 0.3) is 0 Å². The molecule has 4 nitrogen and oxygen atoms in total. The van der Waals surface area contributed by atoms with E-state index in [1.807, 2.05) is 0 Å². The van der Waals surface area contributed by atoms with E-state index in [0.717, 1.165) is 0 Å². The quantitative estimate of drug-likeness (QED) is 0.636. The van der Waals surface area contributed by atoms with Crippen LogP contribution in [0.1, 0.15) is 6.92 Å². The van der Waals surface area contributed by atoms with Crippen LogP contribution in [0, 0.1) is 0 Å². The average Bonchev–Trinajstić information content (AvgIpc) is 1.98. The lowest BCUT2D eigenvalue weighted by molar-refractivity contribution is -0.367. The highest BCUT2D eigenvalue weighted by Gasteiger charge is 2.69. The number of hydrogen-bond acceptors (Lipinski definition) is 3. The minimum atomic E-state index is -6.63. The van der Waals surface area contributed by atoms with Crippen LogP contribution < -0.4 is 0 Å². The van der Waals surface area contributed by atoms with Crippen LogP contribution in [0.3, 0.4) is 0 Å². The predicted octanol–water partition coefficient (Wildman–Crippen LogP) is 2.03. The monoisotopic (exact) mass is 294 g/mol. The van der Waals surface area contributed by atoms with E-state index in [-0.39, 0.29) is 6.92 Å². The molecule has 0 heterocycles. The van der Waals surface area contributed by atoms with Crippen LogP contribution in [-0.4, -0.2) is 36.6 Å². The smallest absolute Gasteiger partial charge is 0.302 e. The van der Waals surface area contributed by atoms with Gasteiger partial charge >= 0.3 is 27.7 Å². The Morgan fingerprint density at radius 1 is 1.06 bits per heavy atom. The molecule has 0 rings (SSSR count). The van der Waals surface area contributed by atoms with Gasteiger partial charge in [0.2, 0.25) is 0 Å². The van der Waals surface area contributed by atoms with E-state index < -0.39 is 33.8 Å². The Bertz CT molecular complexity index is 372. The first-order valence-electron chi connectivity index (χ1n) is 3.60. The molecule has 1 N–H and O–H groups in total. The lowest BCUT2D eigenvalue weighted by Gasteiger charge is -2.27. The van der Waals surface area contributed by atoms with Crippen molar-refractivity contribution in [3.63, 3.8) is 0 Å². The Morgan fingerprint density at radius 2 is 1.41 bits per heavy atom. The maximum Gasteiger partial charge on any atom is 0.459 e. The zero-order valence-electron chi connectivity index (χ0n) is 7.80. The molecule has 0 aliphatic carbocycles. The van der Waals surface area contributed by atoms with Gasteiger partial charge in [0.05, 0.1) is 0 Å². The summed E-state index contributed by atoms with van der Waals surface area (Å²) in [4.78, 5) is 0. The van der Waals surface area contributed by atoms with Gasteiger partial charge in [0.25, 0.3) is 0 Å². The first-order valence-corrected chi connectivity index (χ1v) is 5.04. The molecule has 0 aromatic rings.